The highest BCUT2D eigenvalue weighted by Crippen LogP contribution is 2.41. The van der Waals surface area contributed by atoms with E-state index in [0.29, 0.717) is 52.2 Å². The molecular weight excluding hydrogens is 741 g/mol. The summed E-state index contributed by atoms with van der Waals surface area (Å²) in [6.07, 6.45) is 2.04. The van der Waals surface area contributed by atoms with E-state index >= 15 is 4.79 Å². The number of aromatic nitrogens is 1. The van der Waals surface area contributed by atoms with Crippen molar-refractivity contribution < 1.29 is 33.3 Å². The number of benzene rings is 4. The monoisotopic (exact) mass is 794 g/mol. The second kappa shape index (κ2) is 17.2. The molecule has 59 heavy (non-hydrogen) atoms. The standard InChI is InChI=1S/C45H53B3N4O7/c1-45(2)58-40-38(26-32-15-7-4-8-16-32)50(23-13-14-24-55-29-34-19-11-6-12-20-34)44(53)51(39(41(40)59-45)27-33-17-9-5-10-18-33)28-35-21-22-36-37(25-35)43(49-42(36)46(3)54)52(47-30-56-47)48-31-57-48/h4-12,15-22,25,38-41,49,54H,13-14,23-24,26-31H2,1-3H3/t38-,39-,40+,41+/m1/s1. The SMILES string of the molecule is CB(O)c1[nH]c(N(B2CO2)B2CO2)c2cc(CN3C(=O)N(CCCCOCc4ccccc4)[C@H](Cc4ccccc4)[C@@H]4OC(C)(C)O[C@H]4[C@H]3Cc3ccccc3)ccc12. The van der Waals surface area contributed by atoms with Crippen LogP contribution in [0, 0.1) is 0 Å². The maximum absolute atomic E-state index is 15.6. The Labute approximate surface area is 348 Å². The molecule has 9 rings (SSSR count). The van der Waals surface area contributed by atoms with Gasteiger partial charge in [0.15, 0.2) is 5.79 Å². The van der Waals surface area contributed by atoms with E-state index in [1.807, 2.05) is 49.1 Å². The van der Waals surface area contributed by atoms with Crippen LogP contribution in [0.3, 0.4) is 0 Å². The highest BCUT2D eigenvalue weighted by Gasteiger charge is 2.55. The van der Waals surface area contributed by atoms with Crippen LogP contribution in [0.5, 0.6) is 0 Å². The van der Waals surface area contributed by atoms with E-state index < -0.39 is 18.8 Å². The summed E-state index contributed by atoms with van der Waals surface area (Å²) < 4.78 is 33.6. The van der Waals surface area contributed by atoms with Crippen molar-refractivity contribution in [1.29, 1.82) is 0 Å². The highest BCUT2D eigenvalue weighted by molar-refractivity contribution is 6.84. The Morgan fingerprint density at radius 3 is 1.90 bits per heavy atom. The molecule has 11 nitrogen and oxygen atoms in total. The lowest BCUT2D eigenvalue weighted by Gasteiger charge is -2.37. The number of fused-ring (bicyclic) bond motifs is 2. The van der Waals surface area contributed by atoms with Crippen LogP contribution in [0.25, 0.3) is 10.8 Å². The van der Waals surface area contributed by atoms with Crippen molar-refractivity contribution in [3.8, 4) is 0 Å². The minimum atomic E-state index is -0.849. The van der Waals surface area contributed by atoms with Gasteiger partial charge in [0.1, 0.15) is 12.2 Å². The summed E-state index contributed by atoms with van der Waals surface area (Å²) in [4.78, 5) is 23.2. The van der Waals surface area contributed by atoms with Crippen LogP contribution < -0.4 is 10.3 Å². The Hall–Kier alpha value is -4.56. The van der Waals surface area contributed by atoms with Crippen LogP contribution in [0.1, 0.15) is 48.9 Å². The first-order valence-corrected chi connectivity index (χ1v) is 21.2. The molecule has 0 saturated carbocycles. The maximum Gasteiger partial charge on any atom is 0.430 e. The second-order valence-corrected chi connectivity index (χ2v) is 16.9. The zero-order chi connectivity index (χ0) is 40.5. The number of nitrogens with one attached hydrogen (secondary N) is 1. The van der Waals surface area contributed by atoms with Crippen molar-refractivity contribution in [2.75, 3.05) is 30.9 Å². The van der Waals surface area contributed by atoms with E-state index in [1.54, 1.807) is 6.82 Å². The molecule has 4 aliphatic rings. The molecule has 0 unspecified atom stereocenters. The van der Waals surface area contributed by atoms with Crippen LogP contribution in [0.15, 0.2) is 109 Å². The van der Waals surface area contributed by atoms with Gasteiger partial charge in [-0.2, -0.15) is 0 Å². The molecule has 1 aromatic heterocycles. The molecule has 0 spiro atoms. The van der Waals surface area contributed by atoms with Gasteiger partial charge in [0.25, 0.3) is 0 Å². The third-order valence-electron chi connectivity index (χ3n) is 12.0. The minimum absolute atomic E-state index is 0.0325. The summed E-state index contributed by atoms with van der Waals surface area (Å²) >= 11 is 0. The number of aromatic amines is 1. The number of carbonyl (C=O) groups is 1. The Morgan fingerprint density at radius 2 is 1.34 bits per heavy atom. The predicted molar refractivity (Wildman–Crippen MR) is 232 cm³/mol. The van der Waals surface area contributed by atoms with Gasteiger partial charge in [-0.15, -0.1) is 0 Å². The van der Waals surface area contributed by atoms with Gasteiger partial charge in [0.2, 0.25) is 0 Å². The summed E-state index contributed by atoms with van der Waals surface area (Å²) in [6, 6.07) is 36.7. The van der Waals surface area contributed by atoms with Crippen molar-refractivity contribution in [2.45, 2.75) is 89.6 Å². The molecule has 4 fully saturated rings. The molecular formula is C45H53B3N4O7. The van der Waals surface area contributed by atoms with E-state index in [-0.39, 0.29) is 38.3 Å². The lowest BCUT2D eigenvalue weighted by atomic mass is 9.67. The fourth-order valence-electron chi connectivity index (χ4n) is 9.07. The molecule has 0 bridgehead atoms. The fraction of sp³-hybridized carbons (Fsp3) is 0.400. The van der Waals surface area contributed by atoms with Gasteiger partial charge in [-0.1, -0.05) is 110 Å². The summed E-state index contributed by atoms with van der Waals surface area (Å²) in [5.74, 6) is 0.0109. The number of carbonyl (C=O) groups excluding carboxylic acids is 1. The summed E-state index contributed by atoms with van der Waals surface area (Å²) in [5.41, 5.74) is 5.13. The molecule has 4 aromatic carbocycles. The molecule has 5 aromatic rings. The van der Waals surface area contributed by atoms with Crippen molar-refractivity contribution in [3.63, 3.8) is 0 Å². The number of nitrogens with zero attached hydrogens (tertiary/aromatic N) is 3. The zero-order valence-electron chi connectivity index (χ0n) is 34.2. The molecule has 14 heteroatoms. The first kappa shape index (κ1) is 39.9. The largest absolute Gasteiger partial charge is 0.446 e. The first-order chi connectivity index (χ1) is 28.7. The number of unbranched alkanes of at least 4 members (excludes halogenated alkanes) is 1. The van der Waals surface area contributed by atoms with E-state index in [4.69, 9.17) is 23.5 Å². The number of amides is 2. The smallest absolute Gasteiger partial charge is 0.430 e. The Balaban J connectivity index is 1.08. The van der Waals surface area contributed by atoms with E-state index in [2.05, 4.69) is 93.5 Å². The third-order valence-corrected chi connectivity index (χ3v) is 12.0. The lowest BCUT2D eigenvalue weighted by molar-refractivity contribution is -0.157. The summed E-state index contributed by atoms with van der Waals surface area (Å²) in [7, 11) is -0.174. The fourth-order valence-corrected chi connectivity index (χ4v) is 9.07. The number of hydrogen-bond donors (Lipinski definition) is 2. The van der Waals surface area contributed by atoms with E-state index in [0.717, 1.165) is 57.3 Å². The molecule has 2 N–H and O–H groups in total. The normalized spacial score (nSPS) is 22.1. The molecule has 0 aliphatic carbocycles. The van der Waals surface area contributed by atoms with E-state index in [9.17, 15) is 5.02 Å². The van der Waals surface area contributed by atoms with E-state index in [1.165, 1.54) is 0 Å². The third kappa shape index (κ3) is 8.99. The van der Waals surface area contributed by atoms with Gasteiger partial charge < -0.3 is 48.0 Å². The van der Waals surface area contributed by atoms with Crippen LogP contribution >= 0.6 is 0 Å². The molecule has 5 heterocycles. The van der Waals surface area contributed by atoms with Crippen LogP contribution in [0.2, 0.25) is 6.82 Å². The molecule has 4 aliphatic heterocycles. The lowest BCUT2D eigenvalue weighted by Crippen LogP contribution is -2.52. The number of H-pyrrole nitrogens is 1. The number of rotatable bonds is 17. The van der Waals surface area contributed by atoms with Gasteiger partial charge in [0, 0.05) is 30.7 Å². The number of hydrogen-bond acceptors (Lipinski definition) is 8. The van der Waals surface area contributed by atoms with Crippen molar-refractivity contribution in [1.82, 2.24) is 14.8 Å². The Morgan fingerprint density at radius 1 is 0.780 bits per heavy atom. The highest BCUT2D eigenvalue weighted by atomic mass is 16.8. The summed E-state index contributed by atoms with van der Waals surface area (Å²) in [6.45, 7) is 8.33. The molecule has 2 amide bonds. The Kier molecular flexibility index (Phi) is 11.6. The quantitative estimate of drug-likeness (QED) is 0.0682. The topological polar surface area (TPSA) is 116 Å². The average molecular weight is 794 g/mol. The van der Waals surface area contributed by atoms with Crippen LogP contribution in [-0.2, 0) is 49.5 Å². The predicted octanol–water partition coefficient (Wildman–Crippen LogP) is 5.89. The Bertz CT molecular complexity index is 2180. The molecule has 304 valence electrons. The number of urea groups is 1. The number of anilines is 1. The molecule has 0 radical (unpaired) electrons. The summed E-state index contributed by atoms with van der Waals surface area (Å²) in [5, 5.41) is 12.7. The maximum atomic E-state index is 15.6. The molecule has 4 saturated heterocycles. The van der Waals surface area contributed by atoms with Gasteiger partial charge >= 0.3 is 27.0 Å². The van der Waals surface area contributed by atoms with Crippen LogP contribution in [0.4, 0.5) is 10.6 Å². The van der Waals surface area contributed by atoms with Crippen LogP contribution in [-0.4, -0.2) is 103 Å². The second-order valence-electron chi connectivity index (χ2n) is 16.9. The minimum Gasteiger partial charge on any atom is -0.446 e. The van der Waals surface area contributed by atoms with Gasteiger partial charge in [-0.05, 0) is 73.2 Å². The van der Waals surface area contributed by atoms with Crippen molar-refractivity contribution >= 4 is 49.2 Å². The zero-order valence-corrected chi connectivity index (χ0v) is 34.2. The van der Waals surface area contributed by atoms with Crippen molar-refractivity contribution in [3.05, 3.63) is 131 Å². The molecule has 4 atom stereocenters. The first-order valence-electron chi connectivity index (χ1n) is 21.2. The van der Waals surface area contributed by atoms with Crippen molar-refractivity contribution in [2.24, 2.45) is 0 Å². The van der Waals surface area contributed by atoms with Gasteiger partial charge in [-0.3, -0.25) is 0 Å². The average Bonchev–Trinajstić information content (AvgIpc) is 4.19. The van der Waals surface area contributed by atoms with Gasteiger partial charge in [0.05, 0.1) is 37.5 Å². The number of ether oxygens (including phenoxy) is 3. The van der Waals surface area contributed by atoms with Gasteiger partial charge in [-0.25, -0.2) is 4.79 Å².